The van der Waals surface area contributed by atoms with Gasteiger partial charge in [0, 0.05) is 11.1 Å². The Morgan fingerprint density at radius 3 is 2.65 bits per heavy atom. The lowest BCUT2D eigenvalue weighted by molar-refractivity contribution is 0.565. The van der Waals surface area contributed by atoms with E-state index < -0.39 is 0 Å². The van der Waals surface area contributed by atoms with Crippen molar-refractivity contribution in [2.75, 3.05) is 7.05 Å². The molecule has 0 aliphatic rings. The van der Waals surface area contributed by atoms with Crippen LogP contribution in [-0.4, -0.2) is 13.1 Å². The normalized spacial score (nSPS) is 12.4. The molecule has 1 atom stereocenters. The Hall–Kier alpha value is -1.31. The van der Waals surface area contributed by atoms with Crippen LogP contribution < -0.4 is 5.32 Å². The van der Waals surface area contributed by atoms with E-state index in [0.717, 1.165) is 23.4 Å². The van der Waals surface area contributed by atoms with Gasteiger partial charge in [0.25, 0.3) is 0 Å². The van der Waals surface area contributed by atoms with Crippen molar-refractivity contribution in [1.29, 1.82) is 0 Å². The van der Waals surface area contributed by atoms with Gasteiger partial charge >= 0.3 is 0 Å². The summed E-state index contributed by atoms with van der Waals surface area (Å²) in [4.78, 5) is 0. The van der Waals surface area contributed by atoms with Crippen LogP contribution in [0.4, 0.5) is 0 Å². The van der Waals surface area contributed by atoms with E-state index in [9.17, 15) is 0 Å². The zero-order valence-electron chi connectivity index (χ0n) is 12.4. The van der Waals surface area contributed by atoms with Crippen molar-refractivity contribution in [1.82, 2.24) is 5.32 Å². The highest BCUT2D eigenvalue weighted by Crippen LogP contribution is 2.29. The zero-order chi connectivity index (χ0) is 14.5. The summed E-state index contributed by atoms with van der Waals surface area (Å²) >= 11 is 6.22. The summed E-state index contributed by atoms with van der Waals surface area (Å²) in [5.41, 5.74) is 5.00. The van der Waals surface area contributed by atoms with Crippen LogP contribution in [0.2, 0.25) is 5.02 Å². The molecule has 0 fully saturated rings. The van der Waals surface area contributed by atoms with E-state index in [0.29, 0.717) is 6.04 Å². The fourth-order valence-electron chi connectivity index (χ4n) is 2.34. The molecule has 0 spiro atoms. The zero-order valence-corrected chi connectivity index (χ0v) is 13.2. The third-order valence-electron chi connectivity index (χ3n) is 3.86. The lowest BCUT2D eigenvalue weighted by atomic mass is 9.97. The smallest absolute Gasteiger partial charge is 0.0441 e. The minimum atomic E-state index is 0.548. The molecule has 0 aliphatic heterocycles. The fourth-order valence-corrected chi connectivity index (χ4v) is 2.52. The van der Waals surface area contributed by atoms with Crippen molar-refractivity contribution in [3.05, 3.63) is 58.6 Å². The minimum absolute atomic E-state index is 0.548. The van der Waals surface area contributed by atoms with Gasteiger partial charge in [-0.3, -0.25) is 0 Å². The second-order valence-electron chi connectivity index (χ2n) is 5.34. The summed E-state index contributed by atoms with van der Waals surface area (Å²) in [6, 6.07) is 15.4. The van der Waals surface area contributed by atoms with Gasteiger partial charge in [-0.15, -0.1) is 0 Å². The van der Waals surface area contributed by atoms with Crippen molar-refractivity contribution < 1.29 is 0 Å². The third kappa shape index (κ3) is 3.62. The average molecular weight is 288 g/mol. The first kappa shape index (κ1) is 15.1. The van der Waals surface area contributed by atoms with Gasteiger partial charge in [-0.25, -0.2) is 0 Å². The third-order valence-corrected chi connectivity index (χ3v) is 4.27. The summed E-state index contributed by atoms with van der Waals surface area (Å²) in [5.74, 6) is 0. The Labute approximate surface area is 127 Å². The molecule has 1 unspecified atom stereocenters. The summed E-state index contributed by atoms with van der Waals surface area (Å²) in [7, 11) is 2.01. The van der Waals surface area contributed by atoms with Gasteiger partial charge in [0.2, 0.25) is 0 Å². The summed E-state index contributed by atoms with van der Waals surface area (Å²) in [5, 5.41) is 4.11. The quantitative estimate of drug-likeness (QED) is 0.828. The van der Waals surface area contributed by atoms with Gasteiger partial charge in [0.1, 0.15) is 0 Å². The first-order valence-corrected chi connectivity index (χ1v) is 7.51. The standard InChI is InChI=1S/C18H22ClN/c1-13(20-3)10-11-15-6-4-7-16(12-15)17-8-5-9-18(19)14(17)2/h4-9,12-13,20H,10-11H2,1-3H3. The predicted octanol–water partition coefficient (Wildman–Crippen LogP) is 4.86. The molecule has 0 aromatic heterocycles. The van der Waals surface area contributed by atoms with Crippen LogP contribution in [0.3, 0.4) is 0 Å². The highest BCUT2D eigenvalue weighted by atomic mass is 35.5. The van der Waals surface area contributed by atoms with Crippen LogP contribution in [0.5, 0.6) is 0 Å². The van der Waals surface area contributed by atoms with Crippen molar-refractivity contribution in [2.24, 2.45) is 0 Å². The number of rotatable bonds is 5. The largest absolute Gasteiger partial charge is 0.317 e. The monoisotopic (exact) mass is 287 g/mol. The van der Waals surface area contributed by atoms with E-state index >= 15 is 0 Å². The van der Waals surface area contributed by atoms with Gasteiger partial charge in [-0.05, 0) is 62.1 Å². The lowest BCUT2D eigenvalue weighted by Gasteiger charge is -2.12. The highest BCUT2D eigenvalue weighted by molar-refractivity contribution is 6.31. The fraction of sp³-hybridized carbons (Fsp3) is 0.333. The van der Waals surface area contributed by atoms with Crippen molar-refractivity contribution in [3.8, 4) is 11.1 Å². The highest BCUT2D eigenvalue weighted by Gasteiger charge is 2.06. The molecule has 0 saturated heterocycles. The second kappa shape index (κ2) is 6.92. The van der Waals surface area contributed by atoms with E-state index in [4.69, 9.17) is 11.6 Å². The van der Waals surface area contributed by atoms with Crippen LogP contribution in [0, 0.1) is 6.92 Å². The SMILES string of the molecule is CNC(C)CCc1cccc(-c2cccc(Cl)c2C)c1. The van der Waals surface area contributed by atoms with Crippen LogP contribution in [0.15, 0.2) is 42.5 Å². The maximum atomic E-state index is 6.22. The Morgan fingerprint density at radius 1 is 1.15 bits per heavy atom. The Morgan fingerprint density at radius 2 is 1.90 bits per heavy atom. The molecule has 1 N–H and O–H groups in total. The van der Waals surface area contributed by atoms with Crippen molar-refractivity contribution in [2.45, 2.75) is 32.7 Å². The van der Waals surface area contributed by atoms with E-state index in [1.54, 1.807) is 0 Å². The molecule has 0 radical (unpaired) electrons. The van der Waals surface area contributed by atoms with Gasteiger partial charge in [-0.1, -0.05) is 48.0 Å². The Balaban J connectivity index is 2.23. The molecule has 0 heterocycles. The number of aryl methyl sites for hydroxylation is 1. The van der Waals surface area contributed by atoms with E-state index in [1.807, 2.05) is 19.2 Å². The second-order valence-corrected chi connectivity index (χ2v) is 5.75. The average Bonchev–Trinajstić information content (AvgIpc) is 2.48. The van der Waals surface area contributed by atoms with Gasteiger partial charge in [-0.2, -0.15) is 0 Å². The van der Waals surface area contributed by atoms with Crippen LogP contribution in [0.1, 0.15) is 24.5 Å². The maximum absolute atomic E-state index is 6.22. The molecule has 0 bridgehead atoms. The lowest BCUT2D eigenvalue weighted by Crippen LogP contribution is -2.21. The topological polar surface area (TPSA) is 12.0 Å². The van der Waals surface area contributed by atoms with Crippen molar-refractivity contribution in [3.63, 3.8) is 0 Å². The molecule has 2 heteroatoms. The summed E-state index contributed by atoms with van der Waals surface area (Å²) in [6.45, 7) is 4.29. The predicted molar refractivity (Wildman–Crippen MR) is 88.5 cm³/mol. The molecular formula is C18H22ClN. The number of hydrogen-bond donors (Lipinski definition) is 1. The van der Waals surface area contributed by atoms with E-state index in [1.165, 1.54) is 16.7 Å². The number of nitrogens with one attached hydrogen (secondary N) is 1. The van der Waals surface area contributed by atoms with E-state index in [2.05, 4.69) is 49.5 Å². The van der Waals surface area contributed by atoms with Gasteiger partial charge in [0.05, 0.1) is 0 Å². The molecule has 0 saturated carbocycles. The van der Waals surface area contributed by atoms with Gasteiger partial charge in [0.15, 0.2) is 0 Å². The number of halogens is 1. The molecule has 0 amide bonds. The first-order chi connectivity index (χ1) is 9.61. The number of hydrogen-bond acceptors (Lipinski definition) is 1. The van der Waals surface area contributed by atoms with Crippen LogP contribution in [0.25, 0.3) is 11.1 Å². The van der Waals surface area contributed by atoms with Gasteiger partial charge < -0.3 is 5.32 Å². The summed E-state index contributed by atoms with van der Waals surface area (Å²) in [6.07, 6.45) is 2.24. The molecule has 106 valence electrons. The van der Waals surface area contributed by atoms with Crippen LogP contribution in [-0.2, 0) is 6.42 Å². The molecule has 2 aromatic carbocycles. The van der Waals surface area contributed by atoms with Crippen LogP contribution >= 0.6 is 11.6 Å². The molecule has 1 nitrogen and oxygen atoms in total. The number of benzene rings is 2. The maximum Gasteiger partial charge on any atom is 0.0441 e. The first-order valence-electron chi connectivity index (χ1n) is 7.13. The summed E-state index contributed by atoms with van der Waals surface area (Å²) < 4.78 is 0. The molecule has 2 aromatic rings. The molecule has 0 aliphatic carbocycles. The van der Waals surface area contributed by atoms with Crippen molar-refractivity contribution >= 4 is 11.6 Å². The molecule has 2 rings (SSSR count). The van der Waals surface area contributed by atoms with E-state index in [-0.39, 0.29) is 0 Å². The molecular weight excluding hydrogens is 266 g/mol. The minimum Gasteiger partial charge on any atom is -0.317 e. The molecule has 20 heavy (non-hydrogen) atoms. The Bertz CT molecular complexity index is 577. The Kier molecular flexibility index (Phi) is 5.22.